The van der Waals surface area contributed by atoms with E-state index in [1.807, 2.05) is 18.4 Å². The Bertz CT molecular complexity index is 472. The van der Waals surface area contributed by atoms with E-state index in [1.54, 1.807) is 0 Å². The van der Waals surface area contributed by atoms with Gasteiger partial charge in [-0.05, 0) is 30.3 Å². The van der Waals surface area contributed by atoms with Gasteiger partial charge in [0.15, 0.2) is 5.96 Å². The van der Waals surface area contributed by atoms with Crippen molar-refractivity contribution < 1.29 is 0 Å². The molecule has 0 bridgehead atoms. The van der Waals surface area contributed by atoms with E-state index in [9.17, 15) is 0 Å². The Hall–Kier alpha value is -0.380. The van der Waals surface area contributed by atoms with Crippen molar-refractivity contribution in [2.75, 3.05) is 59.4 Å². The molecular weight excluding hydrogens is 445 g/mol. The van der Waals surface area contributed by atoms with Crippen LogP contribution in [0.25, 0.3) is 0 Å². The molecule has 1 aromatic heterocycles. The molecular formula is C18H34IN5S. The highest BCUT2D eigenvalue weighted by atomic mass is 127. The van der Waals surface area contributed by atoms with Gasteiger partial charge in [0.2, 0.25) is 0 Å². The number of halogens is 1. The van der Waals surface area contributed by atoms with Gasteiger partial charge in [-0.3, -0.25) is 4.99 Å². The first-order chi connectivity index (χ1) is 11.7. The predicted molar refractivity (Wildman–Crippen MR) is 121 cm³/mol. The highest BCUT2D eigenvalue weighted by Crippen LogP contribution is 2.08. The minimum absolute atomic E-state index is 0. The molecule has 1 unspecified atom stereocenters. The number of aliphatic imine (C=N–C) groups is 1. The fraction of sp³-hybridized carbons (Fsp3) is 0.722. The first-order valence-corrected chi connectivity index (χ1v) is 10.0. The van der Waals surface area contributed by atoms with Crippen LogP contribution in [0.4, 0.5) is 0 Å². The molecule has 0 spiro atoms. The summed E-state index contributed by atoms with van der Waals surface area (Å²) in [6, 6.07) is 4.29. The van der Waals surface area contributed by atoms with Gasteiger partial charge < -0.3 is 20.4 Å². The number of guanidine groups is 1. The van der Waals surface area contributed by atoms with Crippen molar-refractivity contribution in [3.8, 4) is 0 Å². The van der Waals surface area contributed by atoms with E-state index in [0.29, 0.717) is 5.92 Å². The first-order valence-electron chi connectivity index (χ1n) is 9.12. The molecule has 2 rings (SSSR count). The summed E-state index contributed by atoms with van der Waals surface area (Å²) in [7, 11) is 1.84. The number of likely N-dealkylation sites (N-methyl/N-ethyl adjacent to an activating group) is 1. The number of rotatable bonds is 8. The van der Waals surface area contributed by atoms with E-state index in [1.165, 1.54) is 37.6 Å². The van der Waals surface area contributed by atoms with Gasteiger partial charge in [-0.15, -0.1) is 35.3 Å². The summed E-state index contributed by atoms with van der Waals surface area (Å²) in [6.07, 6.45) is 1.05. The minimum atomic E-state index is 0. The Balaban J connectivity index is 0.00000312. The largest absolute Gasteiger partial charge is 0.356 e. The molecule has 2 heterocycles. The van der Waals surface area contributed by atoms with Gasteiger partial charge in [-0.1, -0.05) is 19.9 Å². The van der Waals surface area contributed by atoms with Crippen LogP contribution in [0.1, 0.15) is 18.7 Å². The van der Waals surface area contributed by atoms with Crippen LogP contribution in [0.2, 0.25) is 0 Å². The summed E-state index contributed by atoms with van der Waals surface area (Å²) < 4.78 is 0. The number of piperazine rings is 1. The van der Waals surface area contributed by atoms with Crippen molar-refractivity contribution in [3.05, 3.63) is 22.4 Å². The number of nitrogens with one attached hydrogen (secondary N) is 2. The number of hydrogen-bond acceptors (Lipinski definition) is 4. The van der Waals surface area contributed by atoms with Crippen LogP contribution in [0, 0.1) is 5.92 Å². The molecule has 1 fully saturated rings. The lowest BCUT2D eigenvalue weighted by atomic mass is 10.1. The lowest BCUT2D eigenvalue weighted by molar-refractivity contribution is 0.124. The second-order valence-corrected chi connectivity index (χ2v) is 7.58. The average molecular weight is 479 g/mol. The molecule has 5 nitrogen and oxygen atoms in total. The standard InChI is InChI=1S/C18H33N5S.HI/c1-4-22-9-11-23(12-10-22)15-16(2)14-21-18(19-3)20-8-7-17-6-5-13-24-17;/h5-6,13,16H,4,7-12,14-15H2,1-3H3,(H2,19,20,21);1H. The van der Waals surface area contributed by atoms with E-state index < -0.39 is 0 Å². The lowest BCUT2D eigenvalue weighted by Crippen LogP contribution is -2.48. The average Bonchev–Trinajstić information content (AvgIpc) is 3.12. The second-order valence-electron chi connectivity index (χ2n) is 6.55. The van der Waals surface area contributed by atoms with Gasteiger partial charge in [0, 0.05) is 57.7 Å². The molecule has 25 heavy (non-hydrogen) atoms. The van der Waals surface area contributed by atoms with Gasteiger partial charge in [0.25, 0.3) is 0 Å². The van der Waals surface area contributed by atoms with E-state index in [4.69, 9.17) is 0 Å². The van der Waals surface area contributed by atoms with Crippen LogP contribution in [0.15, 0.2) is 22.5 Å². The Morgan fingerprint density at radius 2 is 1.96 bits per heavy atom. The van der Waals surface area contributed by atoms with Crippen LogP contribution in [0.3, 0.4) is 0 Å². The van der Waals surface area contributed by atoms with E-state index >= 15 is 0 Å². The summed E-state index contributed by atoms with van der Waals surface area (Å²) in [6.45, 7) is 13.6. The van der Waals surface area contributed by atoms with Crippen LogP contribution < -0.4 is 10.6 Å². The van der Waals surface area contributed by atoms with Crippen molar-refractivity contribution in [1.29, 1.82) is 0 Å². The molecule has 0 aliphatic carbocycles. The molecule has 1 saturated heterocycles. The van der Waals surface area contributed by atoms with Gasteiger partial charge in [-0.2, -0.15) is 0 Å². The quantitative estimate of drug-likeness (QED) is 0.342. The normalized spacial score (nSPS) is 17.8. The number of nitrogens with zero attached hydrogens (tertiary/aromatic N) is 3. The van der Waals surface area contributed by atoms with Crippen molar-refractivity contribution in [1.82, 2.24) is 20.4 Å². The van der Waals surface area contributed by atoms with Crippen LogP contribution in [0.5, 0.6) is 0 Å². The van der Waals surface area contributed by atoms with E-state index in [2.05, 4.69) is 56.8 Å². The molecule has 0 amide bonds. The SMILES string of the molecule is CCN1CCN(CC(C)CNC(=NC)NCCc2cccs2)CC1.I. The zero-order valence-electron chi connectivity index (χ0n) is 15.8. The van der Waals surface area contributed by atoms with Gasteiger partial charge in [0.05, 0.1) is 0 Å². The topological polar surface area (TPSA) is 42.9 Å². The smallest absolute Gasteiger partial charge is 0.190 e. The highest BCUT2D eigenvalue weighted by Gasteiger charge is 2.17. The first kappa shape index (κ1) is 22.7. The summed E-state index contributed by atoms with van der Waals surface area (Å²) in [5, 5.41) is 9.00. The zero-order valence-corrected chi connectivity index (χ0v) is 19.0. The Kier molecular flexibility index (Phi) is 11.7. The maximum Gasteiger partial charge on any atom is 0.190 e. The third-order valence-corrected chi connectivity index (χ3v) is 5.50. The zero-order chi connectivity index (χ0) is 17.2. The second kappa shape index (κ2) is 12.9. The monoisotopic (exact) mass is 479 g/mol. The minimum Gasteiger partial charge on any atom is -0.356 e. The Morgan fingerprint density at radius 3 is 2.56 bits per heavy atom. The molecule has 1 atom stereocenters. The molecule has 1 aliphatic rings. The fourth-order valence-electron chi connectivity index (χ4n) is 3.04. The van der Waals surface area contributed by atoms with E-state index in [-0.39, 0.29) is 24.0 Å². The summed E-state index contributed by atoms with van der Waals surface area (Å²) in [5.41, 5.74) is 0. The van der Waals surface area contributed by atoms with Crippen molar-refractivity contribution in [2.24, 2.45) is 10.9 Å². The molecule has 1 aromatic rings. The predicted octanol–water partition coefficient (Wildman–Crippen LogP) is 2.35. The molecule has 144 valence electrons. The molecule has 1 aliphatic heterocycles. The summed E-state index contributed by atoms with van der Waals surface area (Å²) in [4.78, 5) is 10.9. The Labute approximate surface area is 174 Å². The molecule has 0 radical (unpaired) electrons. The van der Waals surface area contributed by atoms with Gasteiger partial charge in [0.1, 0.15) is 0 Å². The van der Waals surface area contributed by atoms with Crippen LogP contribution >= 0.6 is 35.3 Å². The van der Waals surface area contributed by atoms with Gasteiger partial charge >= 0.3 is 0 Å². The fourth-order valence-corrected chi connectivity index (χ4v) is 3.75. The van der Waals surface area contributed by atoms with Crippen molar-refractivity contribution in [3.63, 3.8) is 0 Å². The summed E-state index contributed by atoms with van der Waals surface area (Å²) >= 11 is 1.81. The molecule has 2 N–H and O–H groups in total. The summed E-state index contributed by atoms with van der Waals surface area (Å²) in [5.74, 6) is 1.53. The van der Waals surface area contributed by atoms with Gasteiger partial charge in [-0.25, -0.2) is 0 Å². The maximum absolute atomic E-state index is 4.32. The van der Waals surface area contributed by atoms with E-state index in [0.717, 1.165) is 32.0 Å². The Morgan fingerprint density at radius 1 is 1.24 bits per heavy atom. The highest BCUT2D eigenvalue weighted by molar-refractivity contribution is 14.0. The van der Waals surface area contributed by atoms with Crippen LogP contribution in [-0.4, -0.2) is 75.2 Å². The van der Waals surface area contributed by atoms with Crippen molar-refractivity contribution in [2.45, 2.75) is 20.3 Å². The molecule has 0 aromatic carbocycles. The molecule has 7 heteroatoms. The maximum atomic E-state index is 4.32. The number of hydrogen-bond donors (Lipinski definition) is 2. The third-order valence-electron chi connectivity index (χ3n) is 4.57. The third kappa shape index (κ3) is 8.70. The van der Waals surface area contributed by atoms with Crippen LogP contribution in [-0.2, 0) is 6.42 Å². The number of thiophene rings is 1. The molecule has 0 saturated carbocycles. The van der Waals surface area contributed by atoms with Crippen molar-refractivity contribution >= 4 is 41.3 Å². The lowest BCUT2D eigenvalue weighted by Gasteiger charge is -2.35.